The number of para-hydroxylation sites is 1. The van der Waals surface area contributed by atoms with E-state index in [1.165, 1.54) is 5.56 Å². The summed E-state index contributed by atoms with van der Waals surface area (Å²) >= 11 is 6.30. The Morgan fingerprint density at radius 1 is 1.08 bits per heavy atom. The van der Waals surface area contributed by atoms with E-state index >= 15 is 0 Å². The third-order valence-electron chi connectivity index (χ3n) is 4.80. The summed E-state index contributed by atoms with van der Waals surface area (Å²) in [5.74, 6) is 0.0402. The minimum atomic E-state index is 0.0402. The van der Waals surface area contributed by atoms with Gasteiger partial charge >= 0.3 is 0 Å². The maximum atomic E-state index is 12.3. The Kier molecular flexibility index (Phi) is 4.17. The first-order chi connectivity index (χ1) is 11.7. The van der Waals surface area contributed by atoms with Crippen molar-refractivity contribution in [2.45, 2.75) is 19.0 Å². The second-order valence-electron chi connectivity index (χ2n) is 6.45. The molecular weight excluding hydrogens is 322 g/mol. The lowest BCUT2D eigenvalue weighted by Crippen LogP contribution is -2.53. The molecule has 0 aromatic heterocycles. The molecule has 1 unspecified atom stereocenters. The van der Waals surface area contributed by atoms with Crippen LogP contribution in [0.25, 0.3) is 0 Å². The van der Waals surface area contributed by atoms with Crippen molar-refractivity contribution in [1.82, 2.24) is 4.90 Å². The zero-order valence-corrected chi connectivity index (χ0v) is 14.2. The van der Waals surface area contributed by atoms with E-state index in [-0.39, 0.29) is 11.9 Å². The van der Waals surface area contributed by atoms with Crippen molar-refractivity contribution in [1.29, 1.82) is 0 Å². The molecule has 2 aromatic carbocycles. The van der Waals surface area contributed by atoms with Crippen LogP contribution in [0.4, 0.5) is 11.4 Å². The van der Waals surface area contributed by atoms with Gasteiger partial charge in [-0.3, -0.25) is 9.69 Å². The highest BCUT2D eigenvalue weighted by atomic mass is 35.5. The zero-order valence-electron chi connectivity index (χ0n) is 13.4. The Morgan fingerprint density at radius 3 is 2.75 bits per heavy atom. The lowest BCUT2D eigenvalue weighted by atomic mass is 10.1. The van der Waals surface area contributed by atoms with Gasteiger partial charge in [0.05, 0.1) is 22.4 Å². The number of anilines is 2. The number of piperazine rings is 1. The fourth-order valence-electron chi connectivity index (χ4n) is 3.68. The summed E-state index contributed by atoms with van der Waals surface area (Å²) < 4.78 is 0. The first kappa shape index (κ1) is 15.5. The van der Waals surface area contributed by atoms with Crippen molar-refractivity contribution >= 4 is 28.9 Å². The van der Waals surface area contributed by atoms with Crippen LogP contribution in [0.15, 0.2) is 48.5 Å². The maximum absolute atomic E-state index is 12.3. The highest BCUT2D eigenvalue weighted by Crippen LogP contribution is 2.37. The van der Waals surface area contributed by atoms with E-state index in [4.69, 9.17) is 11.6 Å². The molecule has 4 nitrogen and oxygen atoms in total. The molecule has 5 heteroatoms. The molecule has 1 atom stereocenters. The molecule has 2 aromatic rings. The van der Waals surface area contributed by atoms with Gasteiger partial charge in [-0.1, -0.05) is 48.0 Å². The molecule has 1 fully saturated rings. The number of rotatable bonds is 2. The second-order valence-corrected chi connectivity index (χ2v) is 6.86. The molecule has 0 aliphatic carbocycles. The molecule has 2 aliphatic rings. The van der Waals surface area contributed by atoms with Gasteiger partial charge in [0.15, 0.2) is 0 Å². The number of nitrogens with zero attached hydrogens (tertiary/aromatic N) is 2. The molecule has 2 heterocycles. The highest BCUT2D eigenvalue weighted by molar-refractivity contribution is 6.34. The SMILES string of the molecule is O=C1CC2CN(Cc3ccccc3)CCN2c2cccc(Cl)c2N1. The van der Waals surface area contributed by atoms with Crippen LogP contribution < -0.4 is 10.2 Å². The standard InChI is InChI=1S/C19H20ClN3O/c20-16-7-4-8-17-19(16)21-18(24)11-15-13-22(9-10-23(15)17)12-14-5-2-1-3-6-14/h1-8,15H,9-13H2,(H,21,24). The van der Waals surface area contributed by atoms with E-state index < -0.39 is 0 Å². The minimum absolute atomic E-state index is 0.0402. The zero-order chi connectivity index (χ0) is 16.5. The molecule has 124 valence electrons. The molecule has 2 aliphatic heterocycles. The van der Waals surface area contributed by atoms with E-state index in [1.807, 2.05) is 24.3 Å². The lowest BCUT2D eigenvalue weighted by Gasteiger charge is -2.42. The van der Waals surface area contributed by atoms with Crippen LogP contribution >= 0.6 is 11.6 Å². The molecule has 0 spiro atoms. The normalized spacial score (nSPS) is 20.8. The summed E-state index contributed by atoms with van der Waals surface area (Å²) in [5, 5.41) is 3.59. The molecular formula is C19H20ClN3O. The first-order valence-corrected chi connectivity index (χ1v) is 8.70. The Hall–Kier alpha value is -2.04. The Labute approximate surface area is 147 Å². The fraction of sp³-hybridized carbons (Fsp3) is 0.316. The molecule has 4 rings (SSSR count). The average Bonchev–Trinajstić information content (AvgIpc) is 2.72. The lowest BCUT2D eigenvalue weighted by molar-refractivity contribution is -0.116. The number of halogens is 1. The van der Waals surface area contributed by atoms with Crippen LogP contribution in [0.1, 0.15) is 12.0 Å². The monoisotopic (exact) mass is 341 g/mol. The number of hydrogen-bond donors (Lipinski definition) is 1. The van der Waals surface area contributed by atoms with E-state index in [0.29, 0.717) is 11.4 Å². The van der Waals surface area contributed by atoms with Gasteiger partial charge in [0, 0.05) is 32.6 Å². The summed E-state index contributed by atoms with van der Waals surface area (Å²) in [6, 6.07) is 16.5. The summed E-state index contributed by atoms with van der Waals surface area (Å²) in [6.45, 7) is 3.69. The van der Waals surface area contributed by atoms with Crippen molar-refractivity contribution in [3.05, 3.63) is 59.1 Å². The molecule has 0 bridgehead atoms. The molecule has 0 saturated carbocycles. The van der Waals surface area contributed by atoms with Crippen LogP contribution in [0, 0.1) is 0 Å². The number of benzene rings is 2. The molecule has 1 N–H and O–H groups in total. The van der Waals surface area contributed by atoms with Gasteiger partial charge in [-0.05, 0) is 17.7 Å². The third kappa shape index (κ3) is 2.99. The quantitative estimate of drug-likeness (QED) is 0.909. The summed E-state index contributed by atoms with van der Waals surface area (Å²) in [7, 11) is 0. The van der Waals surface area contributed by atoms with E-state index in [0.717, 1.165) is 37.6 Å². The van der Waals surface area contributed by atoms with Crippen LogP contribution in [-0.2, 0) is 11.3 Å². The van der Waals surface area contributed by atoms with Crippen molar-refractivity contribution in [2.24, 2.45) is 0 Å². The topological polar surface area (TPSA) is 35.6 Å². The van der Waals surface area contributed by atoms with Crippen molar-refractivity contribution < 1.29 is 4.79 Å². The average molecular weight is 342 g/mol. The third-order valence-corrected chi connectivity index (χ3v) is 5.12. The van der Waals surface area contributed by atoms with E-state index in [2.05, 4.69) is 39.4 Å². The van der Waals surface area contributed by atoms with Gasteiger partial charge in [0.25, 0.3) is 0 Å². The predicted molar refractivity (Wildman–Crippen MR) is 97.6 cm³/mol. The fourth-order valence-corrected chi connectivity index (χ4v) is 3.89. The van der Waals surface area contributed by atoms with Gasteiger partial charge < -0.3 is 10.2 Å². The number of hydrogen-bond acceptors (Lipinski definition) is 3. The van der Waals surface area contributed by atoms with Crippen LogP contribution in [0.3, 0.4) is 0 Å². The minimum Gasteiger partial charge on any atom is -0.364 e. The number of carbonyl (C=O) groups excluding carboxylic acids is 1. The Morgan fingerprint density at radius 2 is 1.92 bits per heavy atom. The number of nitrogens with one attached hydrogen (secondary N) is 1. The summed E-state index contributed by atoms with van der Waals surface area (Å²) in [4.78, 5) is 17.1. The molecule has 0 radical (unpaired) electrons. The van der Waals surface area contributed by atoms with Gasteiger partial charge in [-0.2, -0.15) is 0 Å². The largest absolute Gasteiger partial charge is 0.364 e. The van der Waals surface area contributed by atoms with Crippen LogP contribution in [-0.4, -0.2) is 36.5 Å². The second kappa shape index (κ2) is 6.46. The maximum Gasteiger partial charge on any atom is 0.226 e. The molecule has 1 saturated heterocycles. The van der Waals surface area contributed by atoms with Crippen LogP contribution in [0.2, 0.25) is 5.02 Å². The van der Waals surface area contributed by atoms with Gasteiger partial charge in [0.1, 0.15) is 0 Å². The number of amides is 1. The van der Waals surface area contributed by atoms with Gasteiger partial charge in [0.2, 0.25) is 5.91 Å². The van der Waals surface area contributed by atoms with E-state index in [9.17, 15) is 4.79 Å². The Bertz CT molecular complexity index is 750. The number of fused-ring (bicyclic) bond motifs is 3. The first-order valence-electron chi connectivity index (χ1n) is 8.32. The van der Waals surface area contributed by atoms with Crippen LogP contribution in [0.5, 0.6) is 0 Å². The smallest absolute Gasteiger partial charge is 0.226 e. The Balaban J connectivity index is 1.57. The van der Waals surface area contributed by atoms with Gasteiger partial charge in [-0.25, -0.2) is 0 Å². The summed E-state index contributed by atoms with van der Waals surface area (Å²) in [5.41, 5.74) is 3.10. The molecule has 24 heavy (non-hydrogen) atoms. The molecule has 1 amide bonds. The van der Waals surface area contributed by atoms with Crippen molar-refractivity contribution in [3.8, 4) is 0 Å². The van der Waals surface area contributed by atoms with Gasteiger partial charge in [-0.15, -0.1) is 0 Å². The summed E-state index contributed by atoms with van der Waals surface area (Å²) in [6.07, 6.45) is 0.496. The van der Waals surface area contributed by atoms with Crippen molar-refractivity contribution in [3.63, 3.8) is 0 Å². The number of carbonyl (C=O) groups is 1. The van der Waals surface area contributed by atoms with Crippen molar-refractivity contribution in [2.75, 3.05) is 29.9 Å². The van der Waals surface area contributed by atoms with E-state index in [1.54, 1.807) is 0 Å². The predicted octanol–water partition coefficient (Wildman–Crippen LogP) is 3.37. The highest BCUT2D eigenvalue weighted by Gasteiger charge is 2.33.